The van der Waals surface area contributed by atoms with Crippen molar-refractivity contribution >= 4 is 57.1 Å². The van der Waals surface area contributed by atoms with Crippen LogP contribution in [0, 0.1) is 33.1 Å². The largest absolute Gasteiger partial charge is 0.469 e. The summed E-state index contributed by atoms with van der Waals surface area (Å²) in [5.41, 5.74) is 10.4. The summed E-state index contributed by atoms with van der Waals surface area (Å²) in [5.74, 6) is 0.188. The summed E-state index contributed by atoms with van der Waals surface area (Å²) in [7, 11) is 1.37. The molecule has 16 nitrogen and oxygen atoms in total. The molecule has 69 heavy (non-hydrogen) atoms. The molecule has 0 saturated carbocycles. The molecule has 2 saturated heterocycles. The zero-order valence-electron chi connectivity index (χ0n) is 39.6. The number of ether oxygens (including phenoxy) is 1. The molecule has 3 aromatic carbocycles. The number of rotatable bonds is 12. The zero-order chi connectivity index (χ0) is 48.6. The molecular weight excluding hydrogens is 913 g/mol. The van der Waals surface area contributed by atoms with E-state index in [9.17, 15) is 24.6 Å². The van der Waals surface area contributed by atoms with E-state index in [2.05, 4.69) is 44.8 Å². The number of fused-ring (bicyclic) bond motifs is 5. The van der Waals surface area contributed by atoms with E-state index in [4.69, 9.17) is 9.73 Å². The molecule has 0 aliphatic carbocycles. The minimum Gasteiger partial charge on any atom is -0.469 e. The van der Waals surface area contributed by atoms with Crippen molar-refractivity contribution in [1.29, 1.82) is 0 Å². The van der Waals surface area contributed by atoms with E-state index >= 15 is 0 Å². The third-order valence-electron chi connectivity index (χ3n) is 14.2. The number of thiazole rings is 1. The maximum absolute atomic E-state index is 14.2. The number of esters is 1. The van der Waals surface area contributed by atoms with Crippen LogP contribution in [-0.4, -0.2) is 106 Å². The maximum Gasteiger partial charge on any atom is 0.308 e. The van der Waals surface area contributed by atoms with Gasteiger partial charge in [0.2, 0.25) is 11.8 Å². The highest BCUT2D eigenvalue weighted by Crippen LogP contribution is 2.47. The van der Waals surface area contributed by atoms with Gasteiger partial charge in [-0.05, 0) is 81.0 Å². The molecule has 0 bridgehead atoms. The van der Waals surface area contributed by atoms with Crippen molar-refractivity contribution in [2.24, 2.45) is 10.4 Å². The number of aliphatic hydroxyl groups excluding tert-OH is 2. The van der Waals surface area contributed by atoms with Crippen molar-refractivity contribution in [3.8, 4) is 26.6 Å². The SMILES string of the molecule is COC(=O)C[C@@H]1N=C(c2ccc(-c3ccc4nn(CC(=O)N[C@@H]5C(=O)N6C([C@H](O)N[C@@H](C)c7ccc(-c8scnc8C)cc7)C[C@@H](O)C6C5(C)C)cc4c3)cc2)c2c(sc(C)c2C)-n2c(C)nnc21. The van der Waals surface area contributed by atoms with Crippen molar-refractivity contribution in [1.82, 2.24) is 45.1 Å². The maximum atomic E-state index is 14.2. The van der Waals surface area contributed by atoms with Gasteiger partial charge in [-0.2, -0.15) is 5.10 Å². The van der Waals surface area contributed by atoms with Crippen LogP contribution in [0.25, 0.3) is 37.5 Å². The first-order valence-corrected chi connectivity index (χ1v) is 24.7. The van der Waals surface area contributed by atoms with Crippen LogP contribution in [0.5, 0.6) is 0 Å². The number of thiophene rings is 1. The molecule has 0 radical (unpaired) electrons. The van der Waals surface area contributed by atoms with Gasteiger partial charge in [-0.15, -0.1) is 32.9 Å². The van der Waals surface area contributed by atoms with Crippen LogP contribution in [-0.2, 0) is 25.7 Å². The van der Waals surface area contributed by atoms with Crippen molar-refractivity contribution in [3.63, 3.8) is 0 Å². The highest BCUT2D eigenvalue weighted by atomic mass is 32.1. The van der Waals surface area contributed by atoms with Gasteiger partial charge in [-0.25, -0.2) is 4.98 Å². The fraction of sp³-hybridized carbons (Fsp3) is 0.373. The van der Waals surface area contributed by atoms with E-state index in [1.54, 1.807) is 32.3 Å². The fourth-order valence-corrected chi connectivity index (χ4v) is 12.5. The molecule has 7 atom stereocenters. The highest BCUT2D eigenvalue weighted by Gasteiger charge is 2.63. The Labute approximate surface area is 407 Å². The number of methoxy groups -OCH3 is 1. The third-order valence-corrected chi connectivity index (χ3v) is 16.4. The number of nitrogens with zero attached hydrogens (tertiary/aromatic N) is 8. The molecule has 3 aliphatic rings. The summed E-state index contributed by atoms with van der Waals surface area (Å²) in [6.07, 6.45) is 0.0170. The summed E-state index contributed by atoms with van der Waals surface area (Å²) in [4.78, 5) is 53.9. The van der Waals surface area contributed by atoms with E-state index in [1.165, 1.54) is 7.11 Å². The van der Waals surface area contributed by atoms with E-state index in [0.717, 1.165) is 70.5 Å². The Kier molecular flexibility index (Phi) is 12.0. The molecule has 4 aromatic heterocycles. The van der Waals surface area contributed by atoms with Crippen LogP contribution >= 0.6 is 22.7 Å². The van der Waals surface area contributed by atoms with E-state index in [1.807, 2.05) is 118 Å². The summed E-state index contributed by atoms with van der Waals surface area (Å²) >= 11 is 3.24. The van der Waals surface area contributed by atoms with Crippen molar-refractivity contribution in [3.05, 3.63) is 123 Å². The first-order chi connectivity index (χ1) is 33.0. The van der Waals surface area contributed by atoms with Gasteiger partial charge in [-0.1, -0.05) is 68.4 Å². The standard InChI is InChI=1S/C51H54N10O6S2/c1-25-28(4)69-50-42(25)43(54-37(20-41(64)67-8)47-57-56-29(5)60(47)50)32-13-11-31(12-14-32)34-17-18-36-35(19-34)22-59(58-36)23-40(63)55-45-49(66)61-38(21-39(62)46(61)51(45,6)7)48(65)53-26(2)30-9-15-33(16-10-30)44-27(3)52-24-68-44/h9-19,22,24,26,37-39,45-46,48,53,62,65H,20-21,23H2,1-8H3,(H,55,63)/t26-,37-,38?,39+,45+,46?,48-/m0/s1. The van der Waals surface area contributed by atoms with Crippen LogP contribution in [0.4, 0.5) is 0 Å². The van der Waals surface area contributed by atoms with Gasteiger partial charge in [0.15, 0.2) is 5.82 Å². The lowest BCUT2D eigenvalue weighted by atomic mass is 9.78. The summed E-state index contributed by atoms with van der Waals surface area (Å²) in [5, 5.41) is 44.4. The monoisotopic (exact) mass is 966 g/mol. The highest BCUT2D eigenvalue weighted by molar-refractivity contribution is 7.15. The zero-order valence-corrected chi connectivity index (χ0v) is 41.2. The van der Waals surface area contributed by atoms with Crippen LogP contribution in [0.15, 0.2) is 83.4 Å². The van der Waals surface area contributed by atoms with Crippen molar-refractivity contribution in [2.45, 2.75) is 110 Å². The predicted octanol–water partition coefficient (Wildman–Crippen LogP) is 6.68. The molecule has 4 N–H and O–H groups in total. The minimum atomic E-state index is -1.13. The number of nitrogens with one attached hydrogen (secondary N) is 2. The lowest BCUT2D eigenvalue weighted by Crippen LogP contribution is -2.52. The van der Waals surface area contributed by atoms with Gasteiger partial charge in [0.1, 0.15) is 35.7 Å². The minimum absolute atomic E-state index is 0.0218. The first kappa shape index (κ1) is 46.3. The van der Waals surface area contributed by atoms with Gasteiger partial charge < -0.3 is 25.2 Å². The third kappa shape index (κ3) is 8.16. The molecule has 7 heterocycles. The Hall–Kier alpha value is -6.44. The lowest BCUT2D eigenvalue weighted by Gasteiger charge is -2.33. The second-order valence-electron chi connectivity index (χ2n) is 19.0. The topological polar surface area (TPSA) is 202 Å². The number of carbonyl (C=O) groups excluding carboxylic acids is 3. The Balaban J connectivity index is 0.821. The number of carbonyl (C=O) groups is 3. The second kappa shape index (κ2) is 17.8. The van der Waals surface area contributed by atoms with Crippen LogP contribution in [0.2, 0.25) is 0 Å². The quantitative estimate of drug-likeness (QED) is 0.0752. The Morgan fingerprint density at radius 2 is 1.68 bits per heavy atom. The molecule has 0 spiro atoms. The number of hydrogen-bond donors (Lipinski definition) is 4. The van der Waals surface area contributed by atoms with Crippen LogP contribution < -0.4 is 10.6 Å². The van der Waals surface area contributed by atoms with Gasteiger partial charge in [0, 0.05) is 39.0 Å². The Morgan fingerprint density at radius 3 is 2.39 bits per heavy atom. The van der Waals surface area contributed by atoms with E-state index < -0.39 is 47.8 Å². The number of aryl methyl sites for hydroxylation is 3. The molecule has 7 aromatic rings. The molecule has 2 unspecified atom stereocenters. The molecule has 18 heteroatoms. The number of aliphatic imine (C=N–C) groups is 1. The van der Waals surface area contributed by atoms with Gasteiger partial charge >= 0.3 is 5.97 Å². The lowest BCUT2D eigenvalue weighted by molar-refractivity contribution is -0.141. The molecule has 10 rings (SSSR count). The Bertz CT molecular complexity index is 3170. The number of aliphatic hydroxyl groups is 2. The summed E-state index contributed by atoms with van der Waals surface area (Å²) in [6, 6.07) is 19.1. The smallest absolute Gasteiger partial charge is 0.308 e. The number of hydrogen-bond acceptors (Lipinski definition) is 14. The van der Waals surface area contributed by atoms with Crippen LogP contribution in [0.1, 0.15) is 90.2 Å². The average Bonchev–Trinajstić information content (AvgIpc) is 4.18. The first-order valence-electron chi connectivity index (χ1n) is 23.0. The number of amides is 2. The second-order valence-corrected chi connectivity index (χ2v) is 21.0. The molecule has 2 fully saturated rings. The van der Waals surface area contributed by atoms with Crippen molar-refractivity contribution < 1.29 is 29.3 Å². The molecule has 3 aliphatic heterocycles. The van der Waals surface area contributed by atoms with E-state index in [0.29, 0.717) is 17.2 Å². The van der Waals surface area contributed by atoms with Gasteiger partial charge in [0.25, 0.3) is 0 Å². The van der Waals surface area contributed by atoms with E-state index in [-0.39, 0.29) is 37.3 Å². The normalized spacial score (nSPS) is 21.4. The molecule has 356 valence electrons. The summed E-state index contributed by atoms with van der Waals surface area (Å²) in [6.45, 7) is 13.6. The van der Waals surface area contributed by atoms with Crippen molar-refractivity contribution in [2.75, 3.05) is 7.11 Å². The predicted molar refractivity (Wildman–Crippen MR) is 264 cm³/mol. The van der Waals surface area contributed by atoms with Crippen LogP contribution in [0.3, 0.4) is 0 Å². The molecular formula is C51H54N10O6S2. The van der Waals surface area contributed by atoms with Gasteiger partial charge in [0.05, 0.1) is 59.0 Å². The van der Waals surface area contributed by atoms with Gasteiger partial charge in [-0.3, -0.25) is 33.9 Å². The fourth-order valence-electron chi connectivity index (χ4n) is 10.4. The molecule has 2 amide bonds. The summed E-state index contributed by atoms with van der Waals surface area (Å²) < 4.78 is 8.62. The average molecular weight is 967 g/mol. The number of aromatic nitrogens is 6. The Morgan fingerprint density at radius 1 is 0.971 bits per heavy atom. The number of benzene rings is 3.